The maximum absolute atomic E-state index is 11.0. The first kappa shape index (κ1) is 19.2. The van der Waals surface area contributed by atoms with Gasteiger partial charge in [0.05, 0.1) is 20.1 Å². The molecule has 0 bridgehead atoms. The monoisotopic (exact) mass is 411 g/mol. The van der Waals surface area contributed by atoms with Crippen molar-refractivity contribution in [2.75, 3.05) is 20.2 Å². The minimum Gasteiger partial charge on any atom is -0.469 e. The van der Waals surface area contributed by atoms with Crippen LogP contribution in [-0.2, 0) is 16.1 Å². The molecule has 0 atom stereocenters. The molecule has 0 fully saturated rings. The predicted molar refractivity (Wildman–Crippen MR) is 93.9 cm³/mol. The van der Waals surface area contributed by atoms with Crippen molar-refractivity contribution in [3.63, 3.8) is 0 Å². The number of hydrogen-bond acceptors (Lipinski definition) is 4. The van der Waals surface area contributed by atoms with Crippen LogP contribution in [0.3, 0.4) is 0 Å². The number of thiophene rings is 1. The number of esters is 1. The number of rotatable bonds is 6. The highest BCUT2D eigenvalue weighted by Crippen LogP contribution is 2.15. The molecule has 0 aliphatic carbocycles. The Balaban J connectivity index is 0.00000361. The molecule has 0 radical (unpaired) electrons. The van der Waals surface area contributed by atoms with Gasteiger partial charge in [0.25, 0.3) is 0 Å². The normalized spacial score (nSPS) is 10.7. The first-order valence-electron chi connectivity index (χ1n) is 6.30. The number of halogens is 1. The topological polar surface area (TPSA) is 62.7 Å². The summed E-state index contributed by atoms with van der Waals surface area (Å²) in [4.78, 5) is 18.0. The number of aliphatic imine (C=N–C) groups is 1. The second kappa shape index (κ2) is 10.9. The fourth-order valence-electron chi connectivity index (χ4n) is 1.45. The van der Waals surface area contributed by atoms with Crippen LogP contribution in [0.4, 0.5) is 0 Å². The van der Waals surface area contributed by atoms with Crippen molar-refractivity contribution >= 4 is 47.2 Å². The summed E-state index contributed by atoms with van der Waals surface area (Å²) in [6, 6.07) is 4.18. The van der Waals surface area contributed by atoms with Crippen LogP contribution in [0, 0.1) is 6.92 Å². The van der Waals surface area contributed by atoms with Crippen LogP contribution in [0.5, 0.6) is 0 Å². The Hall–Kier alpha value is -0.830. The maximum Gasteiger partial charge on any atom is 0.307 e. The van der Waals surface area contributed by atoms with E-state index < -0.39 is 0 Å². The van der Waals surface area contributed by atoms with Crippen LogP contribution >= 0.6 is 35.3 Å². The summed E-state index contributed by atoms with van der Waals surface area (Å²) in [7, 11) is 1.39. The number of ether oxygens (including phenoxy) is 1. The molecule has 0 unspecified atom stereocenters. The lowest BCUT2D eigenvalue weighted by Gasteiger charge is -2.10. The van der Waals surface area contributed by atoms with Gasteiger partial charge in [-0.15, -0.1) is 35.3 Å². The molecule has 5 nitrogen and oxygen atoms in total. The summed E-state index contributed by atoms with van der Waals surface area (Å²) in [5.74, 6) is 0.495. The Morgan fingerprint density at radius 3 is 2.70 bits per heavy atom. The van der Waals surface area contributed by atoms with Crippen LogP contribution in [-0.4, -0.2) is 32.1 Å². The average Bonchev–Trinajstić information content (AvgIpc) is 2.81. The van der Waals surface area contributed by atoms with Gasteiger partial charge in [-0.2, -0.15) is 0 Å². The highest BCUT2D eigenvalue weighted by molar-refractivity contribution is 14.0. The third-order valence-corrected chi connectivity index (χ3v) is 3.37. The lowest BCUT2D eigenvalue weighted by Crippen LogP contribution is -2.38. The molecule has 1 heterocycles. The Bertz CT molecular complexity index is 435. The van der Waals surface area contributed by atoms with Gasteiger partial charge in [-0.25, -0.2) is 4.99 Å². The molecule has 20 heavy (non-hydrogen) atoms. The third kappa shape index (κ3) is 7.68. The largest absolute Gasteiger partial charge is 0.469 e. The number of nitrogens with zero attached hydrogens (tertiary/aromatic N) is 1. The van der Waals surface area contributed by atoms with E-state index in [1.54, 1.807) is 11.3 Å². The average molecular weight is 411 g/mol. The Morgan fingerprint density at radius 2 is 2.15 bits per heavy atom. The van der Waals surface area contributed by atoms with Gasteiger partial charge in [-0.1, -0.05) is 0 Å². The van der Waals surface area contributed by atoms with Gasteiger partial charge in [0, 0.05) is 22.8 Å². The maximum atomic E-state index is 11.0. The zero-order chi connectivity index (χ0) is 14.1. The van der Waals surface area contributed by atoms with Gasteiger partial charge in [-0.05, 0) is 26.0 Å². The second-order valence-corrected chi connectivity index (χ2v) is 5.33. The van der Waals surface area contributed by atoms with Gasteiger partial charge < -0.3 is 15.4 Å². The van der Waals surface area contributed by atoms with E-state index in [0.29, 0.717) is 19.5 Å². The molecular formula is C13H22IN3O2S. The van der Waals surface area contributed by atoms with Crippen LogP contribution in [0.15, 0.2) is 17.1 Å². The highest BCUT2D eigenvalue weighted by Gasteiger charge is 2.02. The summed E-state index contributed by atoms with van der Waals surface area (Å²) in [5.41, 5.74) is 0. The molecule has 2 N–H and O–H groups in total. The van der Waals surface area contributed by atoms with Crippen LogP contribution in [0.25, 0.3) is 0 Å². The summed E-state index contributed by atoms with van der Waals surface area (Å²) >= 11 is 1.74. The summed E-state index contributed by atoms with van der Waals surface area (Å²) in [6.07, 6.45) is 0.332. The van der Waals surface area contributed by atoms with Gasteiger partial charge in [0.15, 0.2) is 5.96 Å². The molecule has 0 saturated heterocycles. The van der Waals surface area contributed by atoms with Crippen LogP contribution < -0.4 is 10.6 Å². The molecule has 1 aromatic heterocycles. The van der Waals surface area contributed by atoms with Gasteiger partial charge >= 0.3 is 5.97 Å². The highest BCUT2D eigenvalue weighted by atomic mass is 127. The molecule has 1 rings (SSSR count). The Labute approximate surface area is 141 Å². The van der Waals surface area contributed by atoms with Crippen molar-refractivity contribution in [1.82, 2.24) is 10.6 Å². The standard InChI is InChI=1S/C13H21N3O2S.HI/c1-4-14-13(15-8-7-12(17)18-3)16-9-11-6-5-10(2)19-11;/h5-6H,4,7-9H2,1-3H3,(H2,14,15,16);1H. The van der Waals surface area contributed by atoms with E-state index in [-0.39, 0.29) is 29.9 Å². The number of aryl methyl sites for hydroxylation is 1. The Morgan fingerprint density at radius 1 is 1.40 bits per heavy atom. The van der Waals surface area contributed by atoms with E-state index >= 15 is 0 Å². The molecule has 0 saturated carbocycles. The summed E-state index contributed by atoms with van der Waals surface area (Å²) in [6.45, 7) is 6.03. The summed E-state index contributed by atoms with van der Waals surface area (Å²) < 4.78 is 4.59. The fraction of sp³-hybridized carbons (Fsp3) is 0.538. The van der Waals surface area contributed by atoms with E-state index in [2.05, 4.69) is 39.4 Å². The zero-order valence-electron chi connectivity index (χ0n) is 12.1. The lowest BCUT2D eigenvalue weighted by atomic mass is 10.4. The van der Waals surface area contributed by atoms with Gasteiger partial charge in [-0.3, -0.25) is 4.79 Å². The lowest BCUT2D eigenvalue weighted by molar-refractivity contribution is -0.140. The van der Waals surface area contributed by atoms with E-state index in [0.717, 1.165) is 12.5 Å². The fourth-order valence-corrected chi connectivity index (χ4v) is 2.27. The van der Waals surface area contributed by atoms with Crippen molar-refractivity contribution in [2.45, 2.75) is 26.8 Å². The number of methoxy groups -OCH3 is 1. The number of hydrogen-bond donors (Lipinski definition) is 2. The molecule has 7 heteroatoms. The zero-order valence-corrected chi connectivity index (χ0v) is 15.2. The quantitative estimate of drug-likeness (QED) is 0.327. The molecule has 0 aliphatic heterocycles. The van der Waals surface area contributed by atoms with E-state index in [4.69, 9.17) is 0 Å². The van der Waals surface area contributed by atoms with E-state index in [9.17, 15) is 4.79 Å². The smallest absolute Gasteiger partial charge is 0.307 e. The number of guanidine groups is 1. The first-order valence-corrected chi connectivity index (χ1v) is 7.11. The van der Waals surface area contributed by atoms with Crippen LogP contribution in [0.2, 0.25) is 0 Å². The molecule has 0 aromatic carbocycles. The van der Waals surface area contributed by atoms with E-state index in [1.807, 2.05) is 6.92 Å². The van der Waals surface area contributed by atoms with Crippen LogP contribution in [0.1, 0.15) is 23.1 Å². The molecular weight excluding hydrogens is 389 g/mol. The molecule has 0 aliphatic rings. The van der Waals surface area contributed by atoms with E-state index in [1.165, 1.54) is 16.9 Å². The molecule has 0 amide bonds. The Kier molecular flexibility index (Phi) is 10.4. The van der Waals surface area contributed by atoms with Gasteiger partial charge in [0.2, 0.25) is 0 Å². The molecule has 1 aromatic rings. The van der Waals surface area contributed by atoms with Crippen molar-refractivity contribution in [3.8, 4) is 0 Å². The van der Waals surface area contributed by atoms with Gasteiger partial charge in [0.1, 0.15) is 0 Å². The number of carbonyl (C=O) groups is 1. The van der Waals surface area contributed by atoms with Crippen molar-refractivity contribution in [1.29, 1.82) is 0 Å². The van der Waals surface area contributed by atoms with Crippen molar-refractivity contribution in [3.05, 3.63) is 21.9 Å². The second-order valence-electron chi connectivity index (χ2n) is 3.96. The SMILES string of the molecule is CCNC(=NCc1ccc(C)s1)NCCC(=O)OC.I. The molecule has 114 valence electrons. The summed E-state index contributed by atoms with van der Waals surface area (Å²) in [5, 5.41) is 6.25. The number of carbonyl (C=O) groups excluding carboxylic acids is 1. The van der Waals surface area contributed by atoms with Crippen molar-refractivity contribution < 1.29 is 9.53 Å². The molecule has 0 spiro atoms. The first-order chi connectivity index (χ1) is 9.15. The minimum atomic E-state index is -0.225. The number of nitrogens with one attached hydrogen (secondary N) is 2. The third-order valence-electron chi connectivity index (χ3n) is 2.38. The minimum absolute atomic E-state index is 0. The predicted octanol–water partition coefficient (Wildman–Crippen LogP) is 2.29. The van der Waals surface area contributed by atoms with Crippen molar-refractivity contribution in [2.24, 2.45) is 4.99 Å².